The molecule has 0 saturated carbocycles. The second-order valence-corrected chi connectivity index (χ2v) is 7.96. The van der Waals surface area contributed by atoms with Crippen LogP contribution in [0, 0.1) is 0 Å². The summed E-state index contributed by atoms with van der Waals surface area (Å²) in [5.74, 6) is -0.192. The number of hydrogen-bond acceptors (Lipinski definition) is 3. The van der Waals surface area contributed by atoms with Crippen LogP contribution in [0.25, 0.3) is 11.3 Å². The van der Waals surface area contributed by atoms with Crippen molar-refractivity contribution < 1.29 is 9.59 Å². The van der Waals surface area contributed by atoms with Crippen LogP contribution < -0.4 is 11.5 Å². The van der Waals surface area contributed by atoms with Crippen molar-refractivity contribution in [1.82, 2.24) is 9.97 Å². The van der Waals surface area contributed by atoms with Crippen molar-refractivity contribution in [2.75, 3.05) is 0 Å². The van der Waals surface area contributed by atoms with E-state index in [0.717, 1.165) is 33.8 Å². The largest absolute Gasteiger partial charge is 0.366 e. The highest BCUT2D eigenvalue weighted by Crippen LogP contribution is 2.32. The summed E-state index contributed by atoms with van der Waals surface area (Å²) in [4.78, 5) is 31.6. The number of imidazole rings is 1. The van der Waals surface area contributed by atoms with Crippen LogP contribution in [-0.2, 0) is 12.8 Å². The predicted molar refractivity (Wildman–Crippen MR) is 129 cm³/mol. The van der Waals surface area contributed by atoms with E-state index in [-0.39, 0.29) is 5.92 Å². The Morgan fingerprint density at radius 3 is 2.27 bits per heavy atom. The lowest BCUT2D eigenvalue weighted by Crippen LogP contribution is -2.17. The number of nitrogens with two attached hydrogens (primary N) is 2. The van der Waals surface area contributed by atoms with Gasteiger partial charge in [0.25, 0.3) is 0 Å². The third kappa shape index (κ3) is 4.70. The summed E-state index contributed by atoms with van der Waals surface area (Å²) in [5.41, 5.74) is 16.9. The van der Waals surface area contributed by atoms with E-state index in [0.29, 0.717) is 24.0 Å². The quantitative estimate of drug-likeness (QED) is 0.383. The van der Waals surface area contributed by atoms with Crippen molar-refractivity contribution in [1.29, 1.82) is 0 Å². The Morgan fingerprint density at radius 2 is 1.64 bits per heavy atom. The van der Waals surface area contributed by atoms with Gasteiger partial charge in [0, 0.05) is 17.0 Å². The van der Waals surface area contributed by atoms with Crippen LogP contribution in [0.3, 0.4) is 0 Å². The summed E-state index contributed by atoms with van der Waals surface area (Å²) in [6.07, 6.45) is 3.18. The summed E-state index contributed by atoms with van der Waals surface area (Å²) in [6.45, 7) is 2.03. The smallest absolute Gasteiger partial charge is 0.248 e. The lowest BCUT2D eigenvalue weighted by atomic mass is 9.85. The Morgan fingerprint density at radius 1 is 0.909 bits per heavy atom. The van der Waals surface area contributed by atoms with E-state index in [9.17, 15) is 9.59 Å². The molecule has 6 heteroatoms. The minimum Gasteiger partial charge on any atom is -0.366 e. The van der Waals surface area contributed by atoms with Gasteiger partial charge in [-0.25, -0.2) is 4.98 Å². The molecular formula is C27H26N4O2. The number of benzene rings is 3. The van der Waals surface area contributed by atoms with Crippen molar-refractivity contribution in [2.24, 2.45) is 11.5 Å². The number of aromatic amines is 1. The van der Waals surface area contributed by atoms with Crippen molar-refractivity contribution in [2.45, 2.75) is 25.7 Å². The molecule has 6 nitrogen and oxygen atoms in total. The average Bonchev–Trinajstić information content (AvgIpc) is 3.32. The fourth-order valence-electron chi connectivity index (χ4n) is 4.23. The molecule has 1 heterocycles. The van der Waals surface area contributed by atoms with Gasteiger partial charge in [0.15, 0.2) is 0 Å². The fourth-order valence-corrected chi connectivity index (χ4v) is 4.23. The second-order valence-electron chi connectivity index (χ2n) is 7.96. The van der Waals surface area contributed by atoms with Crippen molar-refractivity contribution in [3.05, 3.63) is 113 Å². The van der Waals surface area contributed by atoms with Gasteiger partial charge in [-0.05, 0) is 53.3 Å². The number of amides is 2. The van der Waals surface area contributed by atoms with Gasteiger partial charge in [0.05, 0.1) is 11.9 Å². The minimum atomic E-state index is -0.462. The van der Waals surface area contributed by atoms with Crippen LogP contribution in [0.5, 0.6) is 0 Å². The van der Waals surface area contributed by atoms with E-state index in [2.05, 4.69) is 17.1 Å². The van der Waals surface area contributed by atoms with Crippen molar-refractivity contribution in [3.8, 4) is 11.3 Å². The molecule has 1 atom stereocenters. The average molecular weight is 439 g/mol. The molecule has 5 N–H and O–H groups in total. The normalized spacial score (nSPS) is 11.8. The Balaban J connectivity index is 1.78. The standard InChI is InChI=1S/C27H26N4O2/c1-2-20-21(9-6-10-22(20)26(29)33)23(15-17-7-4-3-5-8-17)27-30-16-24(31-27)18-11-13-19(14-12-18)25(28)32/h3-14,16,23H,2,15H2,1H3,(H2,28,32)(H2,29,33)(H,30,31)/t23-/m0/s1. The van der Waals surface area contributed by atoms with Crippen LogP contribution in [0.2, 0.25) is 0 Å². The molecule has 0 spiro atoms. The number of H-pyrrole nitrogens is 1. The van der Waals surface area contributed by atoms with E-state index in [1.165, 1.54) is 0 Å². The van der Waals surface area contributed by atoms with Gasteiger partial charge < -0.3 is 16.5 Å². The van der Waals surface area contributed by atoms with Crippen LogP contribution >= 0.6 is 0 Å². The van der Waals surface area contributed by atoms with Gasteiger partial charge in [-0.2, -0.15) is 0 Å². The molecule has 0 radical (unpaired) electrons. The first kappa shape index (κ1) is 22.0. The van der Waals surface area contributed by atoms with Gasteiger partial charge >= 0.3 is 0 Å². The molecule has 166 valence electrons. The maximum absolute atomic E-state index is 12.1. The maximum atomic E-state index is 12.1. The Bertz CT molecular complexity index is 1280. The zero-order valence-electron chi connectivity index (χ0n) is 18.4. The molecule has 0 unspecified atom stereocenters. The summed E-state index contributed by atoms with van der Waals surface area (Å²) in [6, 6.07) is 23.0. The zero-order valence-corrected chi connectivity index (χ0v) is 18.4. The van der Waals surface area contributed by atoms with Gasteiger partial charge in [-0.3, -0.25) is 9.59 Å². The maximum Gasteiger partial charge on any atom is 0.248 e. The third-order valence-corrected chi connectivity index (χ3v) is 5.90. The molecule has 0 aliphatic carbocycles. The van der Waals surface area contributed by atoms with Crippen molar-refractivity contribution >= 4 is 11.8 Å². The number of rotatable bonds is 8. The first-order valence-corrected chi connectivity index (χ1v) is 10.9. The molecule has 2 amide bonds. The summed E-state index contributed by atoms with van der Waals surface area (Å²) < 4.78 is 0. The number of hydrogen-bond donors (Lipinski definition) is 3. The number of primary amides is 2. The van der Waals surface area contributed by atoms with Crippen LogP contribution in [0.1, 0.15) is 56.1 Å². The highest BCUT2D eigenvalue weighted by atomic mass is 16.1. The predicted octanol–water partition coefficient (Wildman–Crippen LogP) is 4.21. The first-order valence-electron chi connectivity index (χ1n) is 10.9. The summed E-state index contributed by atoms with van der Waals surface area (Å²) in [7, 11) is 0. The SMILES string of the molecule is CCc1c(C(N)=O)cccc1[C@H](Cc1ccccc1)c1ncc(-c2ccc(C(N)=O)cc2)[nH]1. The van der Waals surface area contributed by atoms with Gasteiger partial charge in [-0.1, -0.05) is 61.5 Å². The summed E-state index contributed by atoms with van der Waals surface area (Å²) >= 11 is 0. The van der Waals surface area contributed by atoms with E-state index >= 15 is 0 Å². The minimum absolute atomic E-state index is 0.0970. The molecular weight excluding hydrogens is 412 g/mol. The lowest BCUT2D eigenvalue weighted by molar-refractivity contribution is 0.0991. The second kappa shape index (κ2) is 9.53. The molecule has 0 aliphatic rings. The molecule has 0 saturated heterocycles. The molecule has 33 heavy (non-hydrogen) atoms. The molecule has 4 aromatic rings. The van der Waals surface area contributed by atoms with Gasteiger partial charge in [0.2, 0.25) is 11.8 Å². The molecule has 0 bridgehead atoms. The number of nitrogens with zero attached hydrogens (tertiary/aromatic N) is 1. The highest BCUT2D eigenvalue weighted by molar-refractivity contribution is 5.95. The number of aromatic nitrogens is 2. The number of carbonyl (C=O) groups is 2. The van der Waals surface area contributed by atoms with E-state index in [1.807, 2.05) is 49.4 Å². The monoisotopic (exact) mass is 438 g/mol. The van der Waals surface area contributed by atoms with Crippen molar-refractivity contribution in [3.63, 3.8) is 0 Å². The lowest BCUT2D eigenvalue weighted by Gasteiger charge is -2.20. The summed E-state index contributed by atoms with van der Waals surface area (Å²) in [5, 5.41) is 0. The number of nitrogens with one attached hydrogen (secondary N) is 1. The molecule has 4 rings (SSSR count). The van der Waals surface area contributed by atoms with Crippen LogP contribution in [0.15, 0.2) is 79.0 Å². The first-order chi connectivity index (χ1) is 16.0. The fraction of sp³-hybridized carbons (Fsp3) is 0.148. The molecule has 3 aromatic carbocycles. The van der Waals surface area contributed by atoms with E-state index < -0.39 is 11.8 Å². The van der Waals surface area contributed by atoms with Gasteiger partial charge in [-0.15, -0.1) is 0 Å². The third-order valence-electron chi connectivity index (χ3n) is 5.90. The molecule has 1 aromatic heterocycles. The van der Waals surface area contributed by atoms with E-state index in [4.69, 9.17) is 16.5 Å². The molecule has 0 aliphatic heterocycles. The topological polar surface area (TPSA) is 115 Å². The highest BCUT2D eigenvalue weighted by Gasteiger charge is 2.23. The van der Waals surface area contributed by atoms with Gasteiger partial charge in [0.1, 0.15) is 5.82 Å². The number of carbonyl (C=O) groups excluding carboxylic acids is 2. The van der Waals surface area contributed by atoms with Crippen LogP contribution in [-0.4, -0.2) is 21.8 Å². The Labute approximate surface area is 192 Å². The molecule has 0 fully saturated rings. The zero-order chi connectivity index (χ0) is 23.4. The van der Waals surface area contributed by atoms with E-state index in [1.54, 1.807) is 24.4 Å². The Hall–Kier alpha value is -4.19. The Kier molecular flexibility index (Phi) is 6.36. The van der Waals surface area contributed by atoms with Crippen LogP contribution in [0.4, 0.5) is 0 Å².